The van der Waals surface area contributed by atoms with E-state index in [1.54, 1.807) is 0 Å². The van der Waals surface area contributed by atoms with Crippen molar-refractivity contribution in [2.75, 3.05) is 19.8 Å². The topological polar surface area (TPSA) is 57.2 Å². The lowest BCUT2D eigenvalue weighted by Crippen LogP contribution is -2.31. The molecule has 2 saturated heterocycles. The summed E-state index contributed by atoms with van der Waals surface area (Å²) in [5, 5.41) is 9.39. The van der Waals surface area contributed by atoms with E-state index in [2.05, 4.69) is 24.0 Å². The van der Waals surface area contributed by atoms with Crippen molar-refractivity contribution >= 4 is 0 Å². The number of hydrogen-bond acceptors (Lipinski definition) is 5. The van der Waals surface area contributed by atoms with Gasteiger partial charge >= 0.3 is 0 Å². The lowest BCUT2D eigenvalue weighted by molar-refractivity contribution is -0.193. The molecule has 0 bridgehead atoms. The molecule has 2 aliphatic heterocycles. The van der Waals surface area contributed by atoms with Crippen LogP contribution in [0.5, 0.6) is 0 Å². The highest BCUT2D eigenvalue weighted by Gasteiger charge is 2.47. The Balaban J connectivity index is 1.45. The van der Waals surface area contributed by atoms with Gasteiger partial charge in [0.05, 0.1) is 18.8 Å². The number of fused-ring (bicyclic) bond motifs is 1. The summed E-state index contributed by atoms with van der Waals surface area (Å²) < 4.78 is 24.7. The van der Waals surface area contributed by atoms with Gasteiger partial charge in [0, 0.05) is 25.6 Å². The van der Waals surface area contributed by atoms with Crippen LogP contribution in [0.4, 0.5) is 0 Å². The van der Waals surface area contributed by atoms with Gasteiger partial charge in [-0.3, -0.25) is 0 Å². The number of aliphatic hydroxyl groups excluding tert-OH is 1. The van der Waals surface area contributed by atoms with E-state index in [-0.39, 0.29) is 31.4 Å². The van der Waals surface area contributed by atoms with E-state index in [0.29, 0.717) is 17.8 Å². The van der Waals surface area contributed by atoms with Crippen LogP contribution in [0, 0.1) is 29.6 Å². The second-order valence-electron chi connectivity index (χ2n) is 9.98. The highest BCUT2D eigenvalue weighted by molar-refractivity contribution is 5.18. The molecule has 5 nitrogen and oxygen atoms in total. The molecular weight excluding hydrogens is 416 g/mol. The Kier molecular flexibility index (Phi) is 9.88. The van der Waals surface area contributed by atoms with Gasteiger partial charge in [-0.2, -0.15) is 0 Å². The number of rotatable bonds is 9. The molecule has 4 aliphatic rings. The third-order valence-corrected chi connectivity index (χ3v) is 7.67. The Morgan fingerprint density at radius 3 is 2.58 bits per heavy atom. The molecule has 2 saturated carbocycles. The van der Waals surface area contributed by atoms with Crippen LogP contribution in [-0.4, -0.2) is 49.7 Å². The number of ether oxygens (including phenoxy) is 4. The van der Waals surface area contributed by atoms with E-state index in [4.69, 9.17) is 18.9 Å². The van der Waals surface area contributed by atoms with Crippen LogP contribution in [0.1, 0.15) is 77.6 Å². The summed E-state index contributed by atoms with van der Waals surface area (Å²) in [5.41, 5.74) is 1.40. The third-order valence-electron chi connectivity index (χ3n) is 7.67. The van der Waals surface area contributed by atoms with Crippen molar-refractivity contribution in [3.05, 3.63) is 23.8 Å². The fourth-order valence-electron chi connectivity index (χ4n) is 6.02. The summed E-state index contributed by atoms with van der Waals surface area (Å²) >= 11 is 0. The first-order valence-electron chi connectivity index (χ1n) is 13.2. The van der Waals surface area contributed by atoms with Crippen LogP contribution >= 0.6 is 0 Å². The smallest absolute Gasteiger partial charge is 0.158 e. The van der Waals surface area contributed by atoms with Gasteiger partial charge < -0.3 is 24.1 Å². The normalized spacial score (nSPS) is 36.6. The summed E-state index contributed by atoms with van der Waals surface area (Å²) in [7, 11) is 0. The molecule has 0 aromatic heterocycles. The average molecular weight is 459 g/mol. The summed E-state index contributed by atoms with van der Waals surface area (Å²) in [6.45, 7) is 3.63. The zero-order valence-corrected chi connectivity index (χ0v) is 20.3. The first kappa shape index (κ1) is 24.9. The zero-order valence-electron chi connectivity index (χ0n) is 20.3. The van der Waals surface area contributed by atoms with Crippen molar-refractivity contribution in [3.63, 3.8) is 0 Å². The van der Waals surface area contributed by atoms with Crippen LogP contribution in [-0.2, 0) is 18.9 Å². The Bertz CT molecular complexity index is 708. The molecule has 3 unspecified atom stereocenters. The second kappa shape index (κ2) is 13.1. The third kappa shape index (κ3) is 7.16. The van der Waals surface area contributed by atoms with Crippen molar-refractivity contribution < 1.29 is 24.1 Å². The number of aliphatic hydroxyl groups is 1. The molecule has 0 amide bonds. The van der Waals surface area contributed by atoms with Crippen molar-refractivity contribution in [1.82, 2.24) is 0 Å². The Morgan fingerprint density at radius 1 is 1.09 bits per heavy atom. The molecule has 0 radical (unpaired) electrons. The van der Waals surface area contributed by atoms with Gasteiger partial charge in [-0.15, -0.1) is 11.8 Å². The molecule has 0 spiro atoms. The zero-order chi connectivity index (χ0) is 22.9. The van der Waals surface area contributed by atoms with Gasteiger partial charge in [-0.1, -0.05) is 23.8 Å². The van der Waals surface area contributed by atoms with Gasteiger partial charge in [-0.05, 0) is 83.0 Å². The summed E-state index contributed by atoms with van der Waals surface area (Å²) in [4.78, 5) is 0. The van der Waals surface area contributed by atoms with Crippen LogP contribution in [0.3, 0.4) is 0 Å². The van der Waals surface area contributed by atoms with Gasteiger partial charge in [0.1, 0.15) is 0 Å². The summed E-state index contributed by atoms with van der Waals surface area (Å²) in [6, 6.07) is 0. The van der Waals surface area contributed by atoms with Gasteiger partial charge in [0.2, 0.25) is 0 Å². The van der Waals surface area contributed by atoms with Crippen LogP contribution in [0.2, 0.25) is 0 Å². The highest BCUT2D eigenvalue weighted by Crippen LogP contribution is 2.51. The lowest BCUT2D eigenvalue weighted by Gasteiger charge is -2.30. The maximum Gasteiger partial charge on any atom is 0.158 e. The number of allylic oxidation sites excluding steroid dienone is 1. The van der Waals surface area contributed by atoms with E-state index >= 15 is 0 Å². The predicted octanol–water partition coefficient (Wildman–Crippen LogP) is 5.13. The maximum atomic E-state index is 9.39. The largest absolute Gasteiger partial charge is 0.392 e. The molecule has 184 valence electrons. The monoisotopic (exact) mass is 458 g/mol. The predicted molar refractivity (Wildman–Crippen MR) is 128 cm³/mol. The first-order chi connectivity index (χ1) is 16.3. The molecule has 2 heterocycles. The Morgan fingerprint density at radius 2 is 1.88 bits per heavy atom. The molecule has 1 N–H and O–H groups in total. The van der Waals surface area contributed by atoms with Gasteiger partial charge in [0.15, 0.2) is 12.6 Å². The molecule has 4 fully saturated rings. The molecular formula is C28H42O5. The van der Waals surface area contributed by atoms with E-state index in [9.17, 15) is 5.11 Å². The van der Waals surface area contributed by atoms with Crippen molar-refractivity contribution in [2.24, 2.45) is 17.8 Å². The Hall–Kier alpha value is -1.16. The van der Waals surface area contributed by atoms with Gasteiger partial charge in [-0.25, -0.2) is 0 Å². The quantitative estimate of drug-likeness (QED) is 0.383. The Labute approximate surface area is 199 Å². The molecule has 4 rings (SSSR count). The maximum absolute atomic E-state index is 9.39. The molecule has 7 atom stereocenters. The van der Waals surface area contributed by atoms with Crippen molar-refractivity contribution in [2.45, 2.75) is 102 Å². The fraction of sp³-hybridized carbons (Fsp3) is 0.786. The second-order valence-corrected chi connectivity index (χ2v) is 9.98. The molecule has 33 heavy (non-hydrogen) atoms. The average Bonchev–Trinajstić information content (AvgIpc) is 3.36. The van der Waals surface area contributed by atoms with Gasteiger partial charge in [0.25, 0.3) is 0 Å². The minimum absolute atomic E-state index is 0.00781. The van der Waals surface area contributed by atoms with E-state index < -0.39 is 0 Å². The fourth-order valence-corrected chi connectivity index (χ4v) is 6.02. The standard InChI is InChI=1S/C28H42O5/c1-2-3-4-9-23(32-27-10-5-7-16-30-27)12-13-24-25-19-21(14-15-29)18-22(25)20-26(24)33-28-11-6-8-17-31-28/h12-14,22-29H,4-11,15-20H2,1H3/t22-,23?,24+,25-,26+,27?,28?/m0/s1. The van der Waals surface area contributed by atoms with Crippen molar-refractivity contribution in [1.29, 1.82) is 0 Å². The minimum Gasteiger partial charge on any atom is -0.392 e. The molecule has 5 heteroatoms. The van der Waals surface area contributed by atoms with E-state index in [1.165, 1.54) is 18.4 Å². The first-order valence-corrected chi connectivity index (χ1v) is 13.2. The lowest BCUT2D eigenvalue weighted by atomic mass is 9.90. The summed E-state index contributed by atoms with van der Waals surface area (Å²) in [5.74, 6) is 7.72. The van der Waals surface area contributed by atoms with E-state index in [1.807, 2.05) is 13.0 Å². The van der Waals surface area contributed by atoms with E-state index in [0.717, 1.165) is 71.0 Å². The molecule has 0 aromatic rings. The SMILES string of the molecule is CC#CCCC(C=C[C@@H]1[C@H]2CC(=CCO)C[C@H]2C[C@H]1OC1CCCCO1)OC1CCCCO1. The minimum atomic E-state index is -0.104. The molecule has 2 aliphatic carbocycles. The number of hydrogen-bond donors (Lipinski definition) is 1. The molecule has 0 aromatic carbocycles. The van der Waals surface area contributed by atoms with Crippen LogP contribution in [0.25, 0.3) is 0 Å². The van der Waals surface area contributed by atoms with Crippen LogP contribution < -0.4 is 0 Å². The van der Waals surface area contributed by atoms with Crippen LogP contribution in [0.15, 0.2) is 23.8 Å². The summed E-state index contributed by atoms with van der Waals surface area (Å²) in [6.07, 6.45) is 18.2. The van der Waals surface area contributed by atoms with Crippen molar-refractivity contribution in [3.8, 4) is 11.8 Å². The highest BCUT2D eigenvalue weighted by atomic mass is 16.7.